The molecule has 432 valence electrons. The molecule has 1 fully saturated rings. The first kappa shape index (κ1) is 62.7. The first-order chi connectivity index (χ1) is 38.3. The predicted octanol–water partition coefficient (Wildman–Crippen LogP) is -2.26. The van der Waals surface area contributed by atoms with Gasteiger partial charge in [0.1, 0.15) is 48.3 Å². The topological polar surface area (TPSA) is 448 Å². The van der Waals surface area contributed by atoms with Gasteiger partial charge in [-0.1, -0.05) is 70.1 Å². The van der Waals surface area contributed by atoms with Gasteiger partial charge in [-0.2, -0.15) is 0 Å². The molecule has 3 heterocycles. The number of nitrogens with zero attached hydrogens (tertiary/aromatic N) is 2. The van der Waals surface area contributed by atoms with Crippen molar-refractivity contribution in [2.24, 2.45) is 27.9 Å². The summed E-state index contributed by atoms with van der Waals surface area (Å²) < 4.78 is 0. The molecule has 0 aliphatic carbocycles. The summed E-state index contributed by atoms with van der Waals surface area (Å²) in [4.78, 5) is 153. The minimum Gasteiger partial charge on any atom is -0.481 e. The van der Waals surface area contributed by atoms with Crippen LogP contribution in [0.25, 0.3) is 10.9 Å². The number of unbranched alkanes of at least 4 members (excludes halogenated alkanes) is 1. The Morgan fingerprint density at radius 1 is 0.713 bits per heavy atom. The molecule has 0 saturated carbocycles. The number of aliphatic carboxylic acids is 1. The number of primary amides is 1. The minimum absolute atomic E-state index is 0.0187. The molecule has 9 amide bonds. The van der Waals surface area contributed by atoms with Gasteiger partial charge in [0.2, 0.25) is 53.2 Å². The Hall–Kier alpha value is -8.18. The SMILES string of the molecule is CC(=O)N[C@H]1CSSC[C@@H](C(=O)N[C@@H](CCCCN)C(N)=O)NC(=O)[C@H](Cc2c[nH]c3ccccc23)NC(=O)[C@H](CCCN=C(N)N)NC(=O)[C@@H](Cc2ccccc2)NC(=O)[C@H](Cc2cnc[nH]2)NC(=O)[C@H](CCC(=O)O)NC1=O. The van der Waals surface area contributed by atoms with Gasteiger partial charge in [0.05, 0.1) is 6.33 Å². The number of rotatable bonds is 21. The van der Waals surface area contributed by atoms with Crippen molar-refractivity contribution in [3.8, 4) is 0 Å². The molecular formula is C51H70N16O11S2. The van der Waals surface area contributed by atoms with Crippen LogP contribution >= 0.6 is 21.6 Å². The maximum Gasteiger partial charge on any atom is 0.303 e. The van der Waals surface area contributed by atoms with Crippen LogP contribution in [0, 0.1) is 0 Å². The second-order valence-electron chi connectivity index (χ2n) is 18.9. The van der Waals surface area contributed by atoms with Gasteiger partial charge in [-0.15, -0.1) is 0 Å². The van der Waals surface area contributed by atoms with E-state index >= 15 is 0 Å². The average Bonchev–Trinajstić information content (AvgIpc) is 4.09. The molecule has 8 atom stereocenters. The van der Waals surface area contributed by atoms with Gasteiger partial charge < -0.3 is 80.5 Å². The number of carbonyl (C=O) groups excluding carboxylic acids is 9. The standard InChI is InChI=1S/C51H70N16O11S2/c1-28(68)60-40-25-79-80-26-41(50(78)61-34(43(53)71)14-7-8-18-52)67-47(75)38(21-30-23-58-33-13-6-5-12-32(30)33)65-44(72)35(15-9-19-57-51(54)55)62-46(74)37(20-29-10-3-2-4-11-29)64-48(76)39(22-31-24-56-27-59-31)66-45(73)36(63-49(40)77)16-17-42(69)70/h2-6,10-13,23-24,27,34-41,58H,7-9,14-22,25-26,52H2,1H3,(H2,53,71)(H,56,59)(H,60,68)(H,61,78)(H,62,74)(H,63,77)(H,64,76)(H,65,72)(H,66,73)(H,67,75)(H,69,70)(H4,54,55,57)/t34-,35-,36-,37+,38-,39-,40-,41-/m0/s1. The maximum absolute atomic E-state index is 14.9. The third-order valence-electron chi connectivity index (χ3n) is 12.6. The lowest BCUT2D eigenvalue weighted by Crippen LogP contribution is -2.61. The number of aliphatic imine (C=N–C) groups is 1. The number of aromatic amines is 2. The van der Waals surface area contributed by atoms with Gasteiger partial charge in [-0.3, -0.25) is 52.9 Å². The number of benzene rings is 2. The highest BCUT2D eigenvalue weighted by atomic mass is 33.1. The number of nitrogens with one attached hydrogen (secondary N) is 10. The van der Waals surface area contributed by atoms with Crippen LogP contribution < -0.4 is 65.5 Å². The molecule has 80 heavy (non-hydrogen) atoms. The number of amides is 9. The van der Waals surface area contributed by atoms with Gasteiger partial charge in [0.15, 0.2) is 5.96 Å². The fourth-order valence-electron chi connectivity index (χ4n) is 8.45. The molecule has 29 heteroatoms. The van der Waals surface area contributed by atoms with Crippen molar-refractivity contribution in [3.05, 3.63) is 90.1 Å². The van der Waals surface area contributed by atoms with E-state index in [1.54, 1.807) is 54.7 Å². The Morgan fingerprint density at radius 3 is 1.95 bits per heavy atom. The molecule has 2 aromatic carbocycles. The summed E-state index contributed by atoms with van der Waals surface area (Å²) in [6.07, 6.45) is 3.81. The van der Waals surface area contributed by atoms with Gasteiger partial charge in [-0.25, -0.2) is 4.98 Å². The summed E-state index contributed by atoms with van der Waals surface area (Å²) in [6.45, 7) is 1.47. The van der Waals surface area contributed by atoms with Crippen LogP contribution in [0.15, 0.2) is 78.3 Å². The molecule has 0 radical (unpaired) electrons. The van der Waals surface area contributed by atoms with E-state index in [0.29, 0.717) is 47.1 Å². The number of hydrogen-bond donors (Lipinski definition) is 15. The zero-order chi connectivity index (χ0) is 58.1. The monoisotopic (exact) mass is 1150 g/mol. The van der Waals surface area contributed by atoms with Crippen molar-refractivity contribution in [2.75, 3.05) is 24.6 Å². The number of aromatic nitrogens is 3. The van der Waals surface area contributed by atoms with Gasteiger partial charge in [0, 0.05) is 79.6 Å². The normalized spacial score (nSPS) is 21.5. The van der Waals surface area contributed by atoms with Crippen molar-refractivity contribution >= 4 is 97.6 Å². The highest BCUT2D eigenvalue weighted by Gasteiger charge is 2.36. The number of nitrogens with two attached hydrogens (primary N) is 4. The van der Waals surface area contributed by atoms with Crippen molar-refractivity contribution in [1.29, 1.82) is 0 Å². The fourth-order valence-corrected chi connectivity index (χ4v) is 10.8. The Bertz CT molecular complexity index is 2800. The molecule has 0 spiro atoms. The van der Waals surface area contributed by atoms with E-state index in [1.165, 1.54) is 12.5 Å². The number of fused-ring (bicyclic) bond motifs is 1. The third-order valence-corrected chi connectivity index (χ3v) is 15.0. The zero-order valence-electron chi connectivity index (χ0n) is 44.0. The lowest BCUT2D eigenvalue weighted by molar-refractivity contribution is -0.138. The molecule has 0 bridgehead atoms. The number of imidazole rings is 1. The molecule has 5 rings (SSSR count). The molecule has 1 saturated heterocycles. The number of H-pyrrole nitrogens is 2. The zero-order valence-corrected chi connectivity index (χ0v) is 45.6. The Kier molecular flexibility index (Phi) is 25.1. The largest absolute Gasteiger partial charge is 0.481 e. The number of para-hydroxylation sites is 1. The van der Waals surface area contributed by atoms with Gasteiger partial charge in [-0.05, 0) is 62.3 Å². The molecule has 19 N–H and O–H groups in total. The summed E-state index contributed by atoms with van der Waals surface area (Å²) in [6, 6.07) is 4.30. The van der Waals surface area contributed by atoms with E-state index in [0.717, 1.165) is 28.5 Å². The Balaban J connectivity index is 1.63. The van der Waals surface area contributed by atoms with Crippen LogP contribution in [0.2, 0.25) is 0 Å². The van der Waals surface area contributed by atoms with Crippen LogP contribution in [-0.2, 0) is 67.2 Å². The average molecular weight is 1150 g/mol. The van der Waals surface area contributed by atoms with Crippen LogP contribution in [0.4, 0.5) is 0 Å². The Morgan fingerprint density at radius 2 is 1.31 bits per heavy atom. The van der Waals surface area contributed by atoms with E-state index in [-0.39, 0.29) is 62.5 Å². The van der Waals surface area contributed by atoms with E-state index < -0.39 is 120 Å². The predicted molar refractivity (Wildman–Crippen MR) is 299 cm³/mol. The number of guanidine groups is 1. The lowest BCUT2D eigenvalue weighted by Gasteiger charge is -2.28. The molecule has 4 aromatic rings. The van der Waals surface area contributed by atoms with E-state index in [9.17, 15) is 53.1 Å². The summed E-state index contributed by atoms with van der Waals surface area (Å²) >= 11 is 0. The number of carboxylic acid groups (broad SMARTS) is 1. The summed E-state index contributed by atoms with van der Waals surface area (Å²) in [5.74, 6) is -9.76. The van der Waals surface area contributed by atoms with E-state index in [4.69, 9.17) is 22.9 Å². The smallest absolute Gasteiger partial charge is 0.303 e. The van der Waals surface area contributed by atoms with Crippen LogP contribution in [0.3, 0.4) is 0 Å². The maximum atomic E-state index is 14.9. The molecule has 1 aliphatic rings. The van der Waals surface area contributed by atoms with Crippen molar-refractivity contribution in [3.63, 3.8) is 0 Å². The molecule has 2 aromatic heterocycles. The highest BCUT2D eigenvalue weighted by molar-refractivity contribution is 8.76. The molecular weight excluding hydrogens is 1080 g/mol. The number of carboxylic acids is 1. The quantitative estimate of drug-likeness (QED) is 0.0181. The molecule has 27 nitrogen and oxygen atoms in total. The molecule has 1 aliphatic heterocycles. The van der Waals surface area contributed by atoms with E-state index in [1.807, 2.05) is 6.07 Å². The summed E-state index contributed by atoms with van der Waals surface area (Å²) in [5, 5.41) is 31.6. The highest BCUT2D eigenvalue weighted by Crippen LogP contribution is 2.25. The summed E-state index contributed by atoms with van der Waals surface area (Å²) in [7, 11) is 1.96. The third kappa shape index (κ3) is 20.6. The second-order valence-corrected chi connectivity index (χ2v) is 21.4. The lowest BCUT2D eigenvalue weighted by atomic mass is 10.0. The van der Waals surface area contributed by atoms with Crippen LogP contribution in [-0.4, -0.2) is 158 Å². The van der Waals surface area contributed by atoms with E-state index in [2.05, 4.69) is 62.5 Å². The second kappa shape index (κ2) is 32.0. The number of hydrogen-bond acceptors (Lipinski definition) is 15. The first-order valence-electron chi connectivity index (χ1n) is 25.8. The van der Waals surface area contributed by atoms with Crippen molar-refractivity contribution in [2.45, 2.75) is 119 Å². The van der Waals surface area contributed by atoms with Crippen LogP contribution in [0.5, 0.6) is 0 Å². The summed E-state index contributed by atoms with van der Waals surface area (Å²) in [5.41, 5.74) is 24.8. The van der Waals surface area contributed by atoms with Crippen LogP contribution in [0.1, 0.15) is 68.7 Å². The number of carbonyl (C=O) groups is 10. The minimum atomic E-state index is -1.60. The van der Waals surface area contributed by atoms with Gasteiger partial charge in [0.25, 0.3) is 0 Å². The van der Waals surface area contributed by atoms with Crippen molar-refractivity contribution < 1.29 is 53.1 Å². The molecule has 0 unspecified atom stereocenters. The fraction of sp³-hybridized carbons (Fsp3) is 0.451. The van der Waals surface area contributed by atoms with Crippen molar-refractivity contribution in [1.82, 2.24) is 57.5 Å². The Labute approximate surface area is 468 Å². The first-order valence-corrected chi connectivity index (χ1v) is 28.3. The van der Waals surface area contributed by atoms with Gasteiger partial charge >= 0.3 is 5.97 Å².